The number of nitrogens with one attached hydrogen (secondary N) is 1. The van der Waals surface area contributed by atoms with E-state index in [-0.39, 0.29) is 24.0 Å². The number of likely N-dealkylation sites (N-methyl/N-ethyl adjacent to an activating group) is 1. The number of halogens is 1. The summed E-state index contributed by atoms with van der Waals surface area (Å²) in [6.07, 6.45) is 0. The summed E-state index contributed by atoms with van der Waals surface area (Å²) in [5.74, 6) is -0.719. The Hall–Kier alpha value is -4.24. The highest BCUT2D eigenvalue weighted by atomic mass is 19.1. The molecule has 8 nitrogen and oxygen atoms in total. The number of carbonyl (C=O) groups excluding carboxylic acids is 1. The summed E-state index contributed by atoms with van der Waals surface area (Å²) in [6, 6.07) is 20.0. The fraction of sp³-hybridized carbons (Fsp3) is 0.222. The molecular weight excluding hydrogens is 461 g/mol. The zero-order valence-electron chi connectivity index (χ0n) is 19.9. The lowest BCUT2D eigenvalue weighted by molar-refractivity contribution is -0.384. The molecule has 5 rings (SSSR count). The van der Waals surface area contributed by atoms with Gasteiger partial charge in [-0.1, -0.05) is 12.1 Å². The molecule has 1 aliphatic rings. The van der Waals surface area contributed by atoms with Gasteiger partial charge in [-0.2, -0.15) is 0 Å². The van der Waals surface area contributed by atoms with Crippen LogP contribution < -0.4 is 10.2 Å². The van der Waals surface area contributed by atoms with Crippen molar-refractivity contribution in [3.05, 3.63) is 100.0 Å². The number of benzene rings is 3. The van der Waals surface area contributed by atoms with Crippen molar-refractivity contribution >= 4 is 33.9 Å². The molecule has 9 heteroatoms. The van der Waals surface area contributed by atoms with Crippen molar-refractivity contribution in [3.63, 3.8) is 0 Å². The quantitative estimate of drug-likeness (QED) is 0.314. The van der Waals surface area contributed by atoms with E-state index >= 15 is 0 Å². The molecule has 0 unspecified atom stereocenters. The predicted octanol–water partition coefficient (Wildman–Crippen LogP) is 4.74. The van der Waals surface area contributed by atoms with E-state index in [1.54, 1.807) is 28.8 Å². The third kappa shape index (κ3) is 4.92. The number of fused-ring (bicyclic) bond motifs is 1. The highest BCUT2D eigenvalue weighted by molar-refractivity contribution is 6.06. The number of non-ortho nitro benzene ring substituents is 1. The second-order valence-electron chi connectivity index (χ2n) is 9.04. The fourth-order valence-corrected chi connectivity index (χ4v) is 4.56. The van der Waals surface area contributed by atoms with Gasteiger partial charge >= 0.3 is 0 Å². The van der Waals surface area contributed by atoms with Crippen molar-refractivity contribution in [2.24, 2.45) is 0 Å². The third-order valence-electron chi connectivity index (χ3n) is 6.55. The van der Waals surface area contributed by atoms with Crippen molar-refractivity contribution in [3.8, 4) is 0 Å². The van der Waals surface area contributed by atoms with Gasteiger partial charge in [-0.05, 0) is 61.1 Å². The lowest BCUT2D eigenvalue weighted by Crippen LogP contribution is -2.44. The molecule has 2 heterocycles. The van der Waals surface area contributed by atoms with Gasteiger partial charge in [-0.25, -0.2) is 4.39 Å². The normalized spacial score (nSPS) is 14.2. The largest absolute Gasteiger partial charge is 0.369 e. The Labute approximate surface area is 207 Å². The van der Waals surface area contributed by atoms with Crippen molar-refractivity contribution in [2.45, 2.75) is 6.54 Å². The third-order valence-corrected chi connectivity index (χ3v) is 6.55. The molecule has 1 aromatic heterocycles. The van der Waals surface area contributed by atoms with Crippen LogP contribution in [0.4, 0.5) is 21.5 Å². The standard InChI is InChI=1S/C27H26FN5O3/c1-30-11-13-31(14-12-30)23-7-5-22(6-8-23)29-27(34)26-17-20-16-24(33(35)36)9-10-25(20)32(26)18-19-3-2-4-21(28)15-19/h2-10,15-17H,11-14,18H2,1H3,(H,29,34). The molecule has 184 valence electrons. The number of amides is 1. The van der Waals surface area contributed by atoms with Crippen LogP contribution in [0, 0.1) is 15.9 Å². The number of aromatic nitrogens is 1. The molecule has 36 heavy (non-hydrogen) atoms. The van der Waals surface area contributed by atoms with Crippen LogP contribution in [0.5, 0.6) is 0 Å². The summed E-state index contributed by atoms with van der Waals surface area (Å²) in [4.78, 5) is 28.8. The van der Waals surface area contributed by atoms with Crippen molar-refractivity contribution in [1.82, 2.24) is 9.47 Å². The van der Waals surface area contributed by atoms with Crippen molar-refractivity contribution in [2.75, 3.05) is 43.4 Å². The lowest BCUT2D eigenvalue weighted by atomic mass is 10.2. The van der Waals surface area contributed by atoms with E-state index in [2.05, 4.69) is 22.2 Å². The molecule has 0 spiro atoms. The number of piperazine rings is 1. The lowest BCUT2D eigenvalue weighted by Gasteiger charge is -2.34. The Morgan fingerprint density at radius 3 is 2.44 bits per heavy atom. The highest BCUT2D eigenvalue weighted by Gasteiger charge is 2.19. The molecule has 1 N–H and O–H groups in total. The number of rotatable bonds is 6. The smallest absolute Gasteiger partial charge is 0.272 e. The highest BCUT2D eigenvalue weighted by Crippen LogP contribution is 2.27. The van der Waals surface area contributed by atoms with Gasteiger partial charge in [0, 0.05) is 67.1 Å². The van der Waals surface area contributed by atoms with Gasteiger partial charge in [0.1, 0.15) is 11.5 Å². The van der Waals surface area contributed by atoms with Crippen molar-refractivity contribution < 1.29 is 14.1 Å². The van der Waals surface area contributed by atoms with Crippen LogP contribution in [0.25, 0.3) is 10.9 Å². The topological polar surface area (TPSA) is 83.7 Å². The van der Waals surface area contributed by atoms with Gasteiger partial charge in [0.05, 0.1) is 4.92 Å². The van der Waals surface area contributed by atoms with Crippen LogP contribution in [-0.4, -0.2) is 53.5 Å². The van der Waals surface area contributed by atoms with E-state index in [9.17, 15) is 19.3 Å². The Balaban J connectivity index is 1.43. The minimum atomic E-state index is -0.467. The van der Waals surface area contributed by atoms with Crippen LogP contribution in [0.15, 0.2) is 72.8 Å². The minimum absolute atomic E-state index is 0.0585. The zero-order chi connectivity index (χ0) is 25.2. The molecule has 0 aliphatic carbocycles. The second-order valence-corrected chi connectivity index (χ2v) is 9.04. The molecule has 0 radical (unpaired) electrons. The van der Waals surface area contributed by atoms with Gasteiger partial charge in [-0.3, -0.25) is 14.9 Å². The number of carbonyl (C=O) groups is 1. The number of hydrogen-bond donors (Lipinski definition) is 1. The summed E-state index contributed by atoms with van der Waals surface area (Å²) in [5, 5.41) is 14.8. The van der Waals surface area contributed by atoms with E-state index in [4.69, 9.17) is 0 Å². The zero-order valence-corrected chi connectivity index (χ0v) is 19.9. The summed E-state index contributed by atoms with van der Waals surface area (Å²) >= 11 is 0. The van der Waals surface area contributed by atoms with Gasteiger partial charge in [0.25, 0.3) is 11.6 Å². The van der Waals surface area contributed by atoms with E-state index in [1.165, 1.54) is 24.3 Å². The van der Waals surface area contributed by atoms with Crippen molar-refractivity contribution in [1.29, 1.82) is 0 Å². The molecule has 1 fully saturated rings. The van der Waals surface area contributed by atoms with Crippen LogP contribution >= 0.6 is 0 Å². The van der Waals surface area contributed by atoms with Crippen LogP contribution in [0.3, 0.4) is 0 Å². The summed E-state index contributed by atoms with van der Waals surface area (Å²) in [5.41, 5.74) is 3.35. The average Bonchev–Trinajstić information content (AvgIpc) is 3.23. The summed E-state index contributed by atoms with van der Waals surface area (Å²) < 4.78 is 15.6. The monoisotopic (exact) mass is 487 g/mol. The minimum Gasteiger partial charge on any atom is -0.369 e. The first-order valence-electron chi connectivity index (χ1n) is 11.7. The number of nitrogens with zero attached hydrogens (tertiary/aromatic N) is 4. The Morgan fingerprint density at radius 2 is 1.75 bits per heavy atom. The summed E-state index contributed by atoms with van der Waals surface area (Å²) in [6.45, 7) is 4.16. The maximum absolute atomic E-state index is 13.8. The number of nitro groups is 1. The molecule has 4 aromatic rings. The number of nitro benzene ring substituents is 1. The van der Waals surface area contributed by atoms with Crippen LogP contribution in [-0.2, 0) is 6.54 Å². The van der Waals surface area contributed by atoms with E-state index in [1.807, 2.05) is 24.3 Å². The van der Waals surface area contributed by atoms with E-state index < -0.39 is 4.92 Å². The maximum Gasteiger partial charge on any atom is 0.272 e. The summed E-state index contributed by atoms with van der Waals surface area (Å²) in [7, 11) is 2.11. The van der Waals surface area contributed by atoms with Gasteiger partial charge < -0.3 is 19.7 Å². The van der Waals surface area contributed by atoms with E-state index in [0.717, 1.165) is 31.9 Å². The van der Waals surface area contributed by atoms with Gasteiger partial charge in [0.15, 0.2) is 0 Å². The maximum atomic E-state index is 13.8. The average molecular weight is 488 g/mol. The second kappa shape index (κ2) is 9.79. The molecular formula is C27H26FN5O3. The van der Waals surface area contributed by atoms with Crippen LogP contribution in [0.2, 0.25) is 0 Å². The Kier molecular flexibility index (Phi) is 6.39. The molecule has 1 saturated heterocycles. The Morgan fingerprint density at radius 1 is 1.00 bits per heavy atom. The first-order chi connectivity index (χ1) is 17.4. The van der Waals surface area contributed by atoms with Gasteiger partial charge in [0.2, 0.25) is 0 Å². The Bertz CT molecular complexity index is 1430. The molecule has 0 atom stereocenters. The molecule has 1 aliphatic heterocycles. The number of hydrogen-bond acceptors (Lipinski definition) is 5. The number of anilines is 2. The molecule has 3 aromatic carbocycles. The van der Waals surface area contributed by atoms with Crippen LogP contribution in [0.1, 0.15) is 16.1 Å². The molecule has 0 bridgehead atoms. The first kappa shape index (κ1) is 23.5. The SMILES string of the molecule is CN1CCN(c2ccc(NC(=O)c3cc4cc([N+](=O)[O-])ccc4n3Cc3cccc(F)c3)cc2)CC1. The fourth-order valence-electron chi connectivity index (χ4n) is 4.56. The predicted molar refractivity (Wildman–Crippen MR) is 138 cm³/mol. The first-order valence-corrected chi connectivity index (χ1v) is 11.7. The molecule has 0 saturated carbocycles. The molecule has 1 amide bonds. The van der Waals surface area contributed by atoms with Gasteiger partial charge in [-0.15, -0.1) is 0 Å². The van der Waals surface area contributed by atoms with E-state index in [0.29, 0.717) is 27.8 Å².